The van der Waals surface area contributed by atoms with Crippen molar-refractivity contribution >= 4 is 27.8 Å². The molecule has 3 rings (SSSR count). The molecular weight excluding hydrogens is 466 g/mol. The number of carboxylic acids is 1. The Labute approximate surface area is 186 Å². The average Bonchev–Trinajstić information content (AvgIpc) is 2.76. The number of carbonyl (C=O) groups is 1. The van der Waals surface area contributed by atoms with Crippen molar-refractivity contribution in [1.29, 1.82) is 0 Å². The highest BCUT2D eigenvalue weighted by atomic mass is 79.9. The average molecular weight is 488 g/mol. The minimum absolute atomic E-state index is 0.0427. The second kappa shape index (κ2) is 10.8. The SMILES string of the molecule is O=C(O)c1ccc(Cc2cnc(NCCCCc3ncc(Br)cc3CO)[nH]c2=O)cn1. The quantitative estimate of drug-likeness (QED) is 0.319. The van der Waals surface area contributed by atoms with Gasteiger partial charge in [-0.05, 0) is 52.9 Å². The number of aryl methyl sites for hydroxylation is 1. The maximum Gasteiger partial charge on any atom is 0.354 e. The fourth-order valence-corrected chi connectivity index (χ4v) is 3.39. The molecule has 4 N–H and O–H groups in total. The molecule has 3 aromatic heterocycles. The number of halogens is 1. The first-order chi connectivity index (χ1) is 15.0. The fraction of sp³-hybridized carbons (Fsp3) is 0.286. The number of anilines is 1. The van der Waals surface area contributed by atoms with Crippen molar-refractivity contribution in [2.45, 2.75) is 32.3 Å². The molecule has 0 bridgehead atoms. The zero-order valence-electron chi connectivity index (χ0n) is 16.6. The van der Waals surface area contributed by atoms with E-state index >= 15 is 0 Å². The van der Waals surface area contributed by atoms with Gasteiger partial charge in [-0.2, -0.15) is 0 Å². The minimum atomic E-state index is -1.09. The van der Waals surface area contributed by atoms with Crippen LogP contribution in [-0.4, -0.2) is 42.7 Å². The van der Waals surface area contributed by atoms with Crippen molar-refractivity contribution in [3.63, 3.8) is 0 Å². The number of aromatic carboxylic acids is 1. The van der Waals surface area contributed by atoms with E-state index in [1.165, 1.54) is 18.5 Å². The summed E-state index contributed by atoms with van der Waals surface area (Å²) in [5, 5.41) is 21.4. The van der Waals surface area contributed by atoms with Gasteiger partial charge in [-0.1, -0.05) is 6.07 Å². The summed E-state index contributed by atoms with van der Waals surface area (Å²) in [4.78, 5) is 38.3. The van der Waals surface area contributed by atoms with Gasteiger partial charge in [-0.15, -0.1) is 0 Å². The van der Waals surface area contributed by atoms with E-state index in [4.69, 9.17) is 5.11 Å². The molecule has 0 aliphatic rings. The number of aromatic amines is 1. The summed E-state index contributed by atoms with van der Waals surface area (Å²) < 4.78 is 0.842. The topological polar surface area (TPSA) is 141 Å². The molecule has 0 aromatic carbocycles. The Bertz CT molecular complexity index is 1100. The molecule has 0 radical (unpaired) electrons. The molecule has 162 valence electrons. The summed E-state index contributed by atoms with van der Waals surface area (Å²) in [6.45, 7) is 0.588. The molecule has 9 nitrogen and oxygen atoms in total. The number of aromatic nitrogens is 4. The van der Waals surface area contributed by atoms with Crippen molar-refractivity contribution in [1.82, 2.24) is 19.9 Å². The van der Waals surface area contributed by atoms with E-state index in [9.17, 15) is 14.7 Å². The number of aliphatic hydroxyl groups is 1. The van der Waals surface area contributed by atoms with Gasteiger partial charge in [0.15, 0.2) is 0 Å². The summed E-state index contributed by atoms with van der Waals surface area (Å²) >= 11 is 3.35. The maximum absolute atomic E-state index is 12.3. The maximum atomic E-state index is 12.3. The van der Waals surface area contributed by atoms with E-state index in [2.05, 4.69) is 41.2 Å². The second-order valence-corrected chi connectivity index (χ2v) is 7.84. The molecule has 0 saturated heterocycles. The van der Waals surface area contributed by atoms with Gasteiger partial charge in [0.25, 0.3) is 5.56 Å². The van der Waals surface area contributed by atoms with Crippen molar-refractivity contribution in [2.75, 3.05) is 11.9 Å². The van der Waals surface area contributed by atoms with Gasteiger partial charge in [0.2, 0.25) is 5.95 Å². The lowest BCUT2D eigenvalue weighted by atomic mass is 10.1. The normalized spacial score (nSPS) is 10.8. The number of pyridine rings is 2. The van der Waals surface area contributed by atoms with Gasteiger partial charge in [0.1, 0.15) is 5.69 Å². The molecule has 0 spiro atoms. The fourth-order valence-electron chi connectivity index (χ4n) is 3.01. The van der Waals surface area contributed by atoms with Gasteiger partial charge >= 0.3 is 5.97 Å². The molecule has 31 heavy (non-hydrogen) atoms. The van der Waals surface area contributed by atoms with Crippen LogP contribution in [0.2, 0.25) is 0 Å². The van der Waals surface area contributed by atoms with Crippen LogP contribution in [0.5, 0.6) is 0 Å². The van der Waals surface area contributed by atoms with E-state index in [1.807, 2.05) is 6.07 Å². The van der Waals surface area contributed by atoms with Crippen LogP contribution in [-0.2, 0) is 19.4 Å². The molecule has 0 saturated carbocycles. The van der Waals surface area contributed by atoms with Crippen LogP contribution in [0.3, 0.4) is 0 Å². The second-order valence-electron chi connectivity index (χ2n) is 6.92. The van der Waals surface area contributed by atoms with Crippen LogP contribution in [0.1, 0.15) is 45.7 Å². The van der Waals surface area contributed by atoms with Gasteiger partial charge < -0.3 is 15.5 Å². The number of rotatable bonds is 10. The van der Waals surface area contributed by atoms with Crippen LogP contribution in [0.15, 0.2) is 46.1 Å². The Balaban J connectivity index is 1.48. The molecule has 0 aliphatic heterocycles. The molecule has 0 unspecified atom stereocenters. The van der Waals surface area contributed by atoms with Crippen LogP contribution in [0.4, 0.5) is 5.95 Å². The molecule has 10 heteroatoms. The minimum Gasteiger partial charge on any atom is -0.477 e. The number of nitrogens with zero attached hydrogens (tertiary/aromatic N) is 3. The van der Waals surface area contributed by atoms with Gasteiger partial charge in [-0.3, -0.25) is 14.8 Å². The van der Waals surface area contributed by atoms with Crippen molar-refractivity contribution < 1.29 is 15.0 Å². The van der Waals surface area contributed by atoms with Gasteiger partial charge in [0, 0.05) is 52.8 Å². The largest absolute Gasteiger partial charge is 0.477 e. The number of unbranched alkanes of at least 4 members (excludes halogenated alkanes) is 1. The Morgan fingerprint density at radius 3 is 2.61 bits per heavy atom. The van der Waals surface area contributed by atoms with Crippen molar-refractivity contribution in [3.05, 3.63) is 79.7 Å². The van der Waals surface area contributed by atoms with E-state index in [-0.39, 0.29) is 17.9 Å². The third kappa shape index (κ3) is 6.43. The van der Waals surface area contributed by atoms with E-state index in [0.717, 1.165) is 40.6 Å². The lowest BCUT2D eigenvalue weighted by Gasteiger charge is -2.08. The summed E-state index contributed by atoms with van der Waals surface area (Å²) in [5.74, 6) is -0.700. The lowest BCUT2D eigenvalue weighted by Crippen LogP contribution is -2.17. The van der Waals surface area contributed by atoms with E-state index in [0.29, 0.717) is 24.5 Å². The summed E-state index contributed by atoms with van der Waals surface area (Å²) in [7, 11) is 0. The zero-order valence-corrected chi connectivity index (χ0v) is 18.2. The number of carboxylic acid groups (broad SMARTS) is 1. The highest BCUT2D eigenvalue weighted by Gasteiger charge is 2.08. The molecule has 0 amide bonds. The monoisotopic (exact) mass is 487 g/mol. The van der Waals surface area contributed by atoms with Crippen molar-refractivity contribution in [3.8, 4) is 0 Å². The Kier molecular flexibility index (Phi) is 7.85. The molecule has 0 fully saturated rings. The van der Waals surface area contributed by atoms with E-state index < -0.39 is 5.97 Å². The zero-order chi connectivity index (χ0) is 22.2. The lowest BCUT2D eigenvalue weighted by molar-refractivity contribution is 0.0690. The molecule has 3 aromatic rings. The molecule has 0 atom stereocenters. The van der Waals surface area contributed by atoms with E-state index in [1.54, 1.807) is 12.3 Å². The third-order valence-corrected chi connectivity index (χ3v) is 5.07. The predicted octanol–water partition coefficient (Wildman–Crippen LogP) is 2.54. The Morgan fingerprint density at radius 1 is 1.10 bits per heavy atom. The van der Waals surface area contributed by atoms with Crippen LogP contribution < -0.4 is 10.9 Å². The molecular formula is C21H22BrN5O4. The Morgan fingerprint density at radius 2 is 1.94 bits per heavy atom. The summed E-state index contributed by atoms with van der Waals surface area (Å²) in [6, 6.07) is 4.90. The van der Waals surface area contributed by atoms with Gasteiger partial charge in [0.05, 0.1) is 6.61 Å². The van der Waals surface area contributed by atoms with Crippen LogP contribution in [0, 0.1) is 0 Å². The number of aliphatic hydroxyl groups excluding tert-OH is 1. The number of H-pyrrole nitrogens is 1. The Hall–Kier alpha value is -3.11. The predicted molar refractivity (Wildman–Crippen MR) is 118 cm³/mol. The number of nitrogens with one attached hydrogen (secondary N) is 2. The van der Waals surface area contributed by atoms with Gasteiger partial charge in [-0.25, -0.2) is 14.8 Å². The standard InChI is InChI=1S/C21H22BrN5O4/c22-16-8-15(12-28)17(25-11-16)3-1-2-6-23-21-26-10-14(19(29)27-21)7-13-4-5-18(20(30)31)24-9-13/h4-5,8-11,28H,1-3,6-7,12H2,(H,30,31)(H2,23,26,27,29). The number of hydrogen-bond donors (Lipinski definition) is 4. The first-order valence-corrected chi connectivity index (χ1v) is 10.5. The highest BCUT2D eigenvalue weighted by Crippen LogP contribution is 2.16. The summed E-state index contributed by atoms with van der Waals surface area (Å²) in [6.07, 6.45) is 7.44. The van der Waals surface area contributed by atoms with Crippen LogP contribution >= 0.6 is 15.9 Å². The first kappa shape index (κ1) is 22.6. The third-order valence-electron chi connectivity index (χ3n) is 4.64. The van der Waals surface area contributed by atoms with Crippen molar-refractivity contribution in [2.24, 2.45) is 0 Å². The highest BCUT2D eigenvalue weighted by molar-refractivity contribution is 9.10. The molecule has 0 aliphatic carbocycles. The molecule has 3 heterocycles. The number of hydrogen-bond acceptors (Lipinski definition) is 7. The summed E-state index contributed by atoms with van der Waals surface area (Å²) in [5.41, 5.74) is 2.59. The smallest absolute Gasteiger partial charge is 0.354 e. The first-order valence-electron chi connectivity index (χ1n) is 9.70. The van der Waals surface area contributed by atoms with Crippen LogP contribution in [0.25, 0.3) is 0 Å².